The highest BCUT2D eigenvalue weighted by molar-refractivity contribution is 7.99. The minimum atomic E-state index is -3.06. The fourth-order valence-electron chi connectivity index (χ4n) is 4.07. The second kappa shape index (κ2) is 9.30. The van der Waals surface area contributed by atoms with Crippen molar-refractivity contribution in [2.45, 2.75) is 24.2 Å². The van der Waals surface area contributed by atoms with Crippen LogP contribution in [-0.2, 0) is 21.2 Å². The van der Waals surface area contributed by atoms with Crippen molar-refractivity contribution in [2.24, 2.45) is 0 Å². The van der Waals surface area contributed by atoms with Gasteiger partial charge in [0.1, 0.15) is 0 Å². The number of carbonyl (C=O) groups excluding carboxylic acids is 1. The molecule has 2 aliphatic rings. The molecule has 1 fully saturated rings. The van der Waals surface area contributed by atoms with E-state index in [4.69, 9.17) is 9.47 Å². The number of rotatable bonds is 7. The van der Waals surface area contributed by atoms with Crippen LogP contribution in [-0.4, -0.2) is 71.1 Å². The maximum absolute atomic E-state index is 12.8. The first kappa shape index (κ1) is 22.7. The van der Waals surface area contributed by atoms with Gasteiger partial charge in [0.25, 0.3) is 0 Å². The smallest absolute Gasteiger partial charge is 0.233 e. The molecule has 0 saturated carbocycles. The number of carbonyl (C=O) groups is 1. The van der Waals surface area contributed by atoms with E-state index in [2.05, 4.69) is 10.2 Å². The highest BCUT2D eigenvalue weighted by Crippen LogP contribution is 2.34. The van der Waals surface area contributed by atoms with Crippen LogP contribution in [0.15, 0.2) is 53.7 Å². The van der Waals surface area contributed by atoms with Crippen LogP contribution in [0.2, 0.25) is 0 Å². The summed E-state index contributed by atoms with van der Waals surface area (Å²) in [7, 11) is -1.39. The summed E-state index contributed by atoms with van der Waals surface area (Å²) in [6.07, 6.45) is 0.480. The van der Waals surface area contributed by atoms with Gasteiger partial charge in [-0.1, -0.05) is 48.2 Å². The number of sulfone groups is 1. The molecule has 1 amide bonds. The molecule has 3 aromatic rings. The van der Waals surface area contributed by atoms with Crippen molar-refractivity contribution in [1.29, 1.82) is 0 Å². The van der Waals surface area contributed by atoms with E-state index in [0.29, 0.717) is 35.4 Å². The molecule has 3 heterocycles. The summed E-state index contributed by atoms with van der Waals surface area (Å²) in [5, 5.41) is 9.38. The molecule has 0 N–H and O–H groups in total. The van der Waals surface area contributed by atoms with Crippen molar-refractivity contribution in [2.75, 3.05) is 31.1 Å². The van der Waals surface area contributed by atoms with Gasteiger partial charge in [-0.2, -0.15) is 0 Å². The van der Waals surface area contributed by atoms with E-state index in [1.54, 1.807) is 11.9 Å². The fourth-order valence-corrected chi connectivity index (χ4v) is 6.71. The Hall–Kier alpha value is -3.05. The Kier molecular flexibility index (Phi) is 6.22. The molecule has 0 spiro atoms. The van der Waals surface area contributed by atoms with Crippen LogP contribution in [0, 0.1) is 0 Å². The molecule has 2 aromatic carbocycles. The lowest BCUT2D eigenvalue weighted by molar-refractivity contribution is -0.128. The number of thioether (sulfide) groups is 1. The van der Waals surface area contributed by atoms with Gasteiger partial charge in [-0.3, -0.25) is 9.36 Å². The average Bonchev–Trinajstić information content (AvgIpc) is 3.55. The van der Waals surface area contributed by atoms with Crippen LogP contribution in [0.25, 0.3) is 11.4 Å². The van der Waals surface area contributed by atoms with E-state index in [-0.39, 0.29) is 36.0 Å². The lowest BCUT2D eigenvalue weighted by Gasteiger charge is -2.23. The van der Waals surface area contributed by atoms with Gasteiger partial charge in [-0.25, -0.2) is 8.42 Å². The Morgan fingerprint density at radius 1 is 1.15 bits per heavy atom. The molecule has 0 radical (unpaired) electrons. The summed E-state index contributed by atoms with van der Waals surface area (Å²) >= 11 is 1.30. The minimum Gasteiger partial charge on any atom is -0.454 e. The second-order valence-corrected chi connectivity index (χ2v) is 11.5. The largest absolute Gasteiger partial charge is 0.454 e. The molecule has 34 heavy (non-hydrogen) atoms. The highest BCUT2D eigenvalue weighted by Gasteiger charge is 2.32. The molecule has 5 rings (SSSR count). The van der Waals surface area contributed by atoms with Crippen LogP contribution in [0.4, 0.5) is 0 Å². The van der Waals surface area contributed by atoms with Crippen LogP contribution in [0.3, 0.4) is 0 Å². The number of fused-ring (bicyclic) bond motifs is 1. The topological polar surface area (TPSA) is 104 Å². The van der Waals surface area contributed by atoms with Crippen LogP contribution < -0.4 is 9.47 Å². The Morgan fingerprint density at radius 3 is 2.71 bits per heavy atom. The zero-order valence-corrected chi connectivity index (χ0v) is 20.2. The van der Waals surface area contributed by atoms with Gasteiger partial charge in [0.2, 0.25) is 12.7 Å². The number of ether oxygens (including phenoxy) is 2. The first-order chi connectivity index (χ1) is 16.4. The maximum atomic E-state index is 12.8. The monoisotopic (exact) mass is 500 g/mol. The van der Waals surface area contributed by atoms with Crippen molar-refractivity contribution in [3.05, 3.63) is 54.1 Å². The number of amides is 1. The Morgan fingerprint density at radius 2 is 1.94 bits per heavy atom. The van der Waals surface area contributed by atoms with E-state index in [1.165, 1.54) is 11.8 Å². The van der Waals surface area contributed by atoms with Crippen molar-refractivity contribution in [3.63, 3.8) is 0 Å². The molecule has 1 atom stereocenters. The lowest BCUT2D eigenvalue weighted by Crippen LogP contribution is -2.38. The molecule has 0 unspecified atom stereocenters. The molecule has 178 valence electrons. The van der Waals surface area contributed by atoms with Crippen molar-refractivity contribution in [3.8, 4) is 22.9 Å². The van der Waals surface area contributed by atoms with E-state index < -0.39 is 9.84 Å². The van der Waals surface area contributed by atoms with Gasteiger partial charge in [0.15, 0.2) is 32.3 Å². The van der Waals surface area contributed by atoms with Gasteiger partial charge in [-0.15, -0.1) is 10.2 Å². The molecule has 2 aliphatic heterocycles. The number of nitrogens with zero attached hydrogens (tertiary/aromatic N) is 4. The fraction of sp³-hybridized carbons (Fsp3) is 0.348. The number of hydrogen-bond donors (Lipinski definition) is 0. The second-order valence-electron chi connectivity index (χ2n) is 8.30. The van der Waals surface area contributed by atoms with E-state index >= 15 is 0 Å². The molecular formula is C23H24N4O5S2. The predicted molar refractivity (Wildman–Crippen MR) is 128 cm³/mol. The zero-order chi connectivity index (χ0) is 23.7. The summed E-state index contributed by atoms with van der Waals surface area (Å²) in [6.45, 7) is 0.695. The number of aromatic nitrogens is 3. The van der Waals surface area contributed by atoms with Gasteiger partial charge >= 0.3 is 0 Å². The zero-order valence-electron chi connectivity index (χ0n) is 18.6. The molecule has 1 saturated heterocycles. The van der Waals surface area contributed by atoms with Crippen LogP contribution >= 0.6 is 11.8 Å². The van der Waals surface area contributed by atoms with Gasteiger partial charge in [-0.05, 0) is 24.1 Å². The number of benzene rings is 2. The minimum absolute atomic E-state index is 0.0261. The average molecular weight is 501 g/mol. The maximum Gasteiger partial charge on any atom is 0.233 e. The van der Waals surface area contributed by atoms with Crippen molar-refractivity contribution < 1.29 is 22.7 Å². The molecular weight excluding hydrogens is 476 g/mol. The summed E-state index contributed by atoms with van der Waals surface area (Å²) in [5.74, 6) is 2.28. The van der Waals surface area contributed by atoms with Gasteiger partial charge < -0.3 is 14.4 Å². The summed E-state index contributed by atoms with van der Waals surface area (Å²) in [6, 6.07) is 15.3. The van der Waals surface area contributed by atoms with Crippen molar-refractivity contribution >= 4 is 27.5 Å². The van der Waals surface area contributed by atoms with Crippen LogP contribution in [0.1, 0.15) is 12.0 Å². The summed E-state index contributed by atoms with van der Waals surface area (Å²) < 4.78 is 36.5. The normalized spacial score (nSPS) is 18.2. The van der Waals surface area contributed by atoms with Crippen molar-refractivity contribution in [1.82, 2.24) is 19.7 Å². The van der Waals surface area contributed by atoms with E-state index in [0.717, 1.165) is 11.1 Å². The van der Waals surface area contributed by atoms with E-state index in [1.807, 2.05) is 53.1 Å². The first-order valence-corrected chi connectivity index (χ1v) is 13.7. The predicted octanol–water partition coefficient (Wildman–Crippen LogP) is 2.46. The quantitative estimate of drug-likeness (QED) is 0.456. The highest BCUT2D eigenvalue weighted by atomic mass is 32.2. The van der Waals surface area contributed by atoms with Crippen LogP contribution in [0.5, 0.6) is 11.5 Å². The first-order valence-electron chi connectivity index (χ1n) is 10.9. The van der Waals surface area contributed by atoms with E-state index in [9.17, 15) is 13.2 Å². The third-order valence-corrected chi connectivity index (χ3v) is 8.70. The third kappa shape index (κ3) is 4.76. The lowest BCUT2D eigenvalue weighted by atomic mass is 10.2. The third-order valence-electron chi connectivity index (χ3n) is 6.00. The Balaban J connectivity index is 1.36. The SMILES string of the molecule is CN(C(=O)CSc1nnc(-c2ccccc2)n1Cc1ccc2c(c1)OCO2)[C@@H]1CCS(=O)(=O)C1. The number of hydrogen-bond acceptors (Lipinski definition) is 8. The summed E-state index contributed by atoms with van der Waals surface area (Å²) in [4.78, 5) is 14.4. The molecule has 1 aromatic heterocycles. The van der Waals surface area contributed by atoms with Gasteiger partial charge in [0, 0.05) is 18.7 Å². The molecule has 11 heteroatoms. The molecule has 9 nitrogen and oxygen atoms in total. The molecule has 0 bridgehead atoms. The Labute approximate surface area is 202 Å². The van der Waals surface area contributed by atoms with Gasteiger partial charge in [0.05, 0.1) is 23.8 Å². The Bertz CT molecular complexity index is 1310. The summed E-state index contributed by atoms with van der Waals surface area (Å²) in [5.41, 5.74) is 1.91. The standard InChI is InChI=1S/C23H24N4O5S2/c1-26(18-9-10-34(29,30)14-18)21(28)13-33-23-25-24-22(17-5-3-2-4-6-17)27(23)12-16-7-8-19-20(11-16)32-15-31-19/h2-8,11,18H,9-10,12-15H2,1H3/t18-/m1/s1. The molecule has 0 aliphatic carbocycles.